The molecule has 1 rings (SSSR count). The maximum absolute atomic E-state index is 4.89. The number of ether oxygens (including phenoxy) is 1. The third kappa shape index (κ3) is 4.93. The molecule has 1 saturated heterocycles. The van der Waals surface area contributed by atoms with Crippen molar-refractivity contribution in [2.45, 2.75) is 6.42 Å². The topological polar surface area (TPSA) is 9.23 Å². The third-order valence-corrected chi connectivity index (χ3v) is 0.702. The van der Waals surface area contributed by atoms with E-state index in [1.807, 2.05) is 0 Å². The van der Waals surface area contributed by atoms with E-state index < -0.39 is 0 Å². The Morgan fingerprint density at radius 3 is 2.43 bits per heavy atom. The molecule has 1 nitrogen and oxygen atoms in total. The zero-order chi connectivity index (χ0) is 5.54. The fourth-order valence-corrected chi connectivity index (χ4v) is 0.417. The molecule has 0 spiro atoms. The van der Waals surface area contributed by atoms with E-state index in [9.17, 15) is 0 Å². The van der Waals surface area contributed by atoms with Crippen molar-refractivity contribution in [1.82, 2.24) is 0 Å². The summed E-state index contributed by atoms with van der Waals surface area (Å²) in [4.78, 5) is 0. The normalized spacial score (nSPS) is 18.1. The molecule has 0 unspecified atom stereocenters. The van der Waals surface area contributed by atoms with E-state index in [0.29, 0.717) is 0 Å². The van der Waals surface area contributed by atoms with Gasteiger partial charge >= 0.3 is 30.0 Å². The molecular weight excluding hydrogens is 209 g/mol. The Bertz CT molecular complexity index is 23.3. The van der Waals surface area contributed by atoms with E-state index in [4.69, 9.17) is 4.74 Å². The molecule has 1 heterocycles. The van der Waals surface area contributed by atoms with Gasteiger partial charge in [-0.2, -0.15) is 6.42 Å². The Hall–Kier alpha value is 1.06. The summed E-state index contributed by atoms with van der Waals surface area (Å²) < 4.78 is 4.89. The number of rotatable bonds is 0. The van der Waals surface area contributed by atoms with E-state index in [0.717, 1.165) is 19.6 Å². The molecule has 3 heteroatoms. The van der Waals surface area contributed by atoms with Crippen LogP contribution in [-0.2, 0) is 21.1 Å². The summed E-state index contributed by atoms with van der Waals surface area (Å²) in [6, 6.07) is 0. The summed E-state index contributed by atoms with van der Waals surface area (Å²) >= 11 is 4.25. The van der Waals surface area contributed by atoms with Crippen LogP contribution in [0.15, 0.2) is 0 Å². The van der Waals surface area contributed by atoms with Crippen molar-refractivity contribution in [3.05, 3.63) is 6.42 Å². The second-order valence-corrected chi connectivity index (χ2v) is 1.15. The van der Waals surface area contributed by atoms with Gasteiger partial charge in [-0.1, -0.05) is 6.61 Å². The van der Waals surface area contributed by atoms with Gasteiger partial charge in [0, 0.05) is 6.61 Å². The molecule has 0 aliphatic carbocycles. The first-order chi connectivity index (χ1) is 3.50. The molecule has 0 saturated carbocycles. The van der Waals surface area contributed by atoms with Crippen LogP contribution in [0.3, 0.4) is 0 Å². The molecule has 0 amide bonds. The van der Waals surface area contributed by atoms with Crippen LogP contribution in [0.1, 0.15) is 6.42 Å². The Labute approximate surface area is 60.8 Å². The van der Waals surface area contributed by atoms with Crippen molar-refractivity contribution >= 4 is 13.6 Å². The minimum absolute atomic E-state index is 0.875. The standard InChI is InChI=1S/C4H7O.BrH.Zn/c1-2-4-5-3-1;;/h1H,2-4H2;1H;/q-1;;+2/p-1. The van der Waals surface area contributed by atoms with E-state index in [1.54, 1.807) is 0 Å². The van der Waals surface area contributed by atoms with Crippen LogP contribution in [0.2, 0.25) is 0 Å². The Kier molecular flexibility index (Phi) is 8.14. The van der Waals surface area contributed by atoms with Crippen LogP contribution in [-0.4, -0.2) is 13.2 Å². The summed E-state index contributed by atoms with van der Waals surface area (Å²) in [5.41, 5.74) is 0. The zero-order valence-electron chi connectivity index (χ0n) is 4.19. The van der Waals surface area contributed by atoms with Crippen LogP contribution >= 0.6 is 13.6 Å². The predicted octanol–water partition coefficient (Wildman–Crippen LogP) is 1.45. The van der Waals surface area contributed by atoms with Gasteiger partial charge in [-0.3, -0.25) is 0 Å². The van der Waals surface area contributed by atoms with Gasteiger partial charge in [0.25, 0.3) is 0 Å². The van der Waals surface area contributed by atoms with Gasteiger partial charge in [0.05, 0.1) is 0 Å². The zero-order valence-corrected chi connectivity index (χ0v) is 8.75. The van der Waals surface area contributed by atoms with Crippen LogP contribution in [0.4, 0.5) is 0 Å². The van der Waals surface area contributed by atoms with Crippen LogP contribution in [0.25, 0.3) is 0 Å². The Balaban J connectivity index is 0.000000162. The van der Waals surface area contributed by atoms with Crippen molar-refractivity contribution in [1.29, 1.82) is 0 Å². The Morgan fingerprint density at radius 1 is 1.57 bits per heavy atom. The molecular formula is C4H7BrOZn. The molecule has 0 radical (unpaired) electrons. The van der Waals surface area contributed by atoms with Crippen LogP contribution in [0.5, 0.6) is 0 Å². The molecule has 1 aliphatic heterocycles. The van der Waals surface area contributed by atoms with E-state index in [1.165, 1.54) is 16.3 Å². The van der Waals surface area contributed by atoms with Gasteiger partial charge in [-0.05, 0) is 0 Å². The average Bonchev–Trinajstić information content (AvgIpc) is 2.23. The molecule has 0 N–H and O–H groups in total. The summed E-state index contributed by atoms with van der Waals surface area (Å²) in [6.07, 6.45) is 3.29. The van der Waals surface area contributed by atoms with Crippen LogP contribution in [0, 0.1) is 6.42 Å². The van der Waals surface area contributed by atoms with E-state index in [2.05, 4.69) is 20.0 Å². The first-order valence-electron chi connectivity index (χ1n) is 2.16. The number of hydrogen-bond donors (Lipinski definition) is 0. The van der Waals surface area contributed by atoms with Crippen molar-refractivity contribution < 1.29 is 21.1 Å². The van der Waals surface area contributed by atoms with E-state index >= 15 is 0 Å². The number of halogens is 1. The quantitative estimate of drug-likeness (QED) is 0.440. The summed E-state index contributed by atoms with van der Waals surface area (Å²) in [5, 5.41) is 0. The first-order valence-corrected chi connectivity index (χ1v) is 9.11. The molecule has 1 aliphatic rings. The summed E-state index contributed by atoms with van der Waals surface area (Å²) in [7, 11) is 0. The van der Waals surface area contributed by atoms with Crippen molar-refractivity contribution in [3.63, 3.8) is 0 Å². The minimum atomic E-state index is 0.875. The molecule has 7 heavy (non-hydrogen) atoms. The second kappa shape index (κ2) is 7.06. The van der Waals surface area contributed by atoms with Gasteiger partial charge in [0.2, 0.25) is 0 Å². The van der Waals surface area contributed by atoms with Gasteiger partial charge in [-0.25, -0.2) is 0 Å². The Morgan fingerprint density at radius 2 is 2.29 bits per heavy atom. The fraction of sp³-hybridized carbons (Fsp3) is 0.750. The maximum atomic E-state index is 4.89. The molecule has 0 atom stereocenters. The van der Waals surface area contributed by atoms with Gasteiger partial charge < -0.3 is 11.2 Å². The van der Waals surface area contributed by atoms with Gasteiger partial charge in [0.15, 0.2) is 0 Å². The summed E-state index contributed by atoms with van der Waals surface area (Å²) in [5.74, 6) is 0. The first kappa shape index (κ1) is 8.06. The summed E-state index contributed by atoms with van der Waals surface area (Å²) in [6.45, 7) is 1.82. The second-order valence-electron chi connectivity index (χ2n) is 1.15. The van der Waals surface area contributed by atoms with Crippen molar-refractivity contribution in [2.75, 3.05) is 13.2 Å². The molecule has 0 aromatic heterocycles. The molecule has 0 aromatic rings. The molecule has 0 bridgehead atoms. The van der Waals surface area contributed by atoms with Crippen LogP contribution < -0.4 is 0 Å². The molecule has 38 valence electrons. The van der Waals surface area contributed by atoms with Gasteiger partial charge in [-0.15, -0.1) is 0 Å². The monoisotopic (exact) mass is 214 g/mol. The molecule has 1 fully saturated rings. The van der Waals surface area contributed by atoms with Crippen molar-refractivity contribution in [2.24, 2.45) is 0 Å². The average molecular weight is 216 g/mol. The SMILES string of the molecule is [CH-]1CCOC1.[Zn+][Br]. The number of hydrogen-bond acceptors (Lipinski definition) is 1. The predicted molar refractivity (Wildman–Crippen MR) is 28.7 cm³/mol. The van der Waals surface area contributed by atoms with E-state index in [-0.39, 0.29) is 0 Å². The molecule has 0 aromatic carbocycles. The van der Waals surface area contributed by atoms with Crippen molar-refractivity contribution in [3.8, 4) is 0 Å². The fourth-order valence-electron chi connectivity index (χ4n) is 0.417. The van der Waals surface area contributed by atoms with Gasteiger partial charge in [0.1, 0.15) is 0 Å². The third-order valence-electron chi connectivity index (χ3n) is 0.702.